The summed E-state index contributed by atoms with van der Waals surface area (Å²) in [6, 6.07) is 18.1. The third-order valence-electron chi connectivity index (χ3n) is 4.29. The first-order valence-electron chi connectivity index (χ1n) is 9.13. The number of hydrogen-bond donors (Lipinski definition) is 2. The van der Waals surface area contributed by atoms with Gasteiger partial charge in [0.1, 0.15) is 0 Å². The van der Waals surface area contributed by atoms with Crippen LogP contribution >= 0.6 is 0 Å². The van der Waals surface area contributed by atoms with Gasteiger partial charge in [-0.25, -0.2) is 9.97 Å². The lowest BCUT2D eigenvalue weighted by Crippen LogP contribution is -2.14. The van der Waals surface area contributed by atoms with Crippen LogP contribution in [0.25, 0.3) is 0 Å². The van der Waals surface area contributed by atoms with Crippen LogP contribution < -0.4 is 10.6 Å². The van der Waals surface area contributed by atoms with E-state index in [-0.39, 0.29) is 5.91 Å². The maximum absolute atomic E-state index is 12.3. The predicted molar refractivity (Wildman–Crippen MR) is 109 cm³/mol. The van der Waals surface area contributed by atoms with Gasteiger partial charge in [0.25, 0.3) is 5.91 Å². The minimum absolute atomic E-state index is 0.219. The molecular formula is C22H24N4O. The summed E-state index contributed by atoms with van der Waals surface area (Å²) in [7, 11) is 0. The highest BCUT2D eigenvalue weighted by molar-refractivity contribution is 6.03. The molecule has 2 N–H and O–H groups in total. The van der Waals surface area contributed by atoms with Crippen LogP contribution in [0, 0.1) is 0 Å². The Morgan fingerprint density at radius 2 is 1.63 bits per heavy atom. The molecule has 0 unspecified atom stereocenters. The van der Waals surface area contributed by atoms with Crippen LogP contribution in [0.1, 0.15) is 41.3 Å². The zero-order chi connectivity index (χ0) is 19.1. The van der Waals surface area contributed by atoms with E-state index in [1.165, 1.54) is 23.5 Å². The fourth-order valence-electron chi connectivity index (χ4n) is 2.65. The van der Waals surface area contributed by atoms with Gasteiger partial charge in [-0.15, -0.1) is 0 Å². The van der Waals surface area contributed by atoms with E-state index in [9.17, 15) is 4.79 Å². The topological polar surface area (TPSA) is 66.9 Å². The Kier molecular flexibility index (Phi) is 6.15. The highest BCUT2D eigenvalue weighted by Crippen LogP contribution is 2.17. The first-order valence-corrected chi connectivity index (χ1v) is 9.13. The lowest BCUT2D eigenvalue weighted by molar-refractivity contribution is 0.102. The van der Waals surface area contributed by atoms with Gasteiger partial charge in [-0.05, 0) is 35.6 Å². The maximum Gasteiger partial charge on any atom is 0.258 e. The van der Waals surface area contributed by atoms with Crippen molar-refractivity contribution in [2.75, 3.05) is 17.2 Å². The van der Waals surface area contributed by atoms with Crippen LogP contribution in [0.3, 0.4) is 0 Å². The lowest BCUT2D eigenvalue weighted by atomic mass is 10.0. The molecule has 0 saturated heterocycles. The normalized spacial score (nSPS) is 10.6. The van der Waals surface area contributed by atoms with Crippen molar-refractivity contribution in [3.05, 3.63) is 83.7 Å². The first-order chi connectivity index (χ1) is 13.1. The summed E-state index contributed by atoms with van der Waals surface area (Å²) >= 11 is 0. The fourth-order valence-corrected chi connectivity index (χ4v) is 2.65. The fraction of sp³-hybridized carbons (Fsp3) is 0.227. The van der Waals surface area contributed by atoms with Crippen LogP contribution in [-0.4, -0.2) is 22.4 Å². The second kappa shape index (κ2) is 8.94. The van der Waals surface area contributed by atoms with E-state index >= 15 is 0 Å². The van der Waals surface area contributed by atoms with E-state index in [1.807, 2.05) is 42.5 Å². The average Bonchev–Trinajstić information content (AvgIpc) is 2.70. The predicted octanol–water partition coefficient (Wildman–Crippen LogP) is 4.51. The Labute approximate surface area is 159 Å². The summed E-state index contributed by atoms with van der Waals surface area (Å²) in [5, 5.41) is 6.04. The largest absolute Gasteiger partial charge is 0.354 e. The van der Waals surface area contributed by atoms with Crippen LogP contribution in [0.5, 0.6) is 0 Å². The minimum Gasteiger partial charge on any atom is -0.354 e. The third kappa shape index (κ3) is 5.38. The monoisotopic (exact) mass is 360 g/mol. The van der Waals surface area contributed by atoms with Crippen molar-refractivity contribution in [2.24, 2.45) is 0 Å². The van der Waals surface area contributed by atoms with Crippen molar-refractivity contribution in [1.29, 1.82) is 0 Å². The number of carbonyl (C=O) groups is 1. The van der Waals surface area contributed by atoms with Crippen molar-refractivity contribution in [1.82, 2.24) is 9.97 Å². The summed E-state index contributed by atoms with van der Waals surface area (Å²) < 4.78 is 0. The molecule has 0 aliphatic carbocycles. The average molecular weight is 360 g/mol. The highest BCUT2D eigenvalue weighted by atomic mass is 16.1. The number of rotatable bonds is 7. The molecule has 0 radical (unpaired) electrons. The molecule has 3 aromatic rings. The molecule has 2 aromatic carbocycles. The Balaban J connectivity index is 1.52. The number of nitrogens with one attached hydrogen (secondary N) is 2. The van der Waals surface area contributed by atoms with Crippen molar-refractivity contribution < 1.29 is 4.79 Å². The Morgan fingerprint density at radius 1 is 0.963 bits per heavy atom. The smallest absolute Gasteiger partial charge is 0.258 e. The first kappa shape index (κ1) is 18.6. The molecule has 1 aromatic heterocycles. The standard InChI is InChI=1S/C22H24N4O/c1-16(2)18-8-10-20(11-9-18)26-21(27)19-14-24-22(25-15-19)23-13-12-17-6-4-3-5-7-17/h3-11,14-16H,12-13H2,1-2H3,(H,26,27)(H,23,24,25). The third-order valence-corrected chi connectivity index (χ3v) is 4.29. The molecule has 0 atom stereocenters. The number of anilines is 2. The summed E-state index contributed by atoms with van der Waals surface area (Å²) in [5.74, 6) is 0.761. The molecule has 1 heterocycles. The van der Waals surface area contributed by atoms with Gasteiger partial charge in [0, 0.05) is 24.6 Å². The number of amides is 1. The van der Waals surface area contributed by atoms with Crippen molar-refractivity contribution in [3.63, 3.8) is 0 Å². The summed E-state index contributed by atoms with van der Waals surface area (Å²) in [6.07, 6.45) is 3.96. The van der Waals surface area contributed by atoms with Gasteiger partial charge in [-0.3, -0.25) is 4.79 Å². The number of aromatic nitrogens is 2. The molecule has 27 heavy (non-hydrogen) atoms. The Morgan fingerprint density at radius 3 is 2.26 bits per heavy atom. The Bertz CT molecular complexity index is 859. The van der Waals surface area contributed by atoms with Gasteiger partial charge in [0.2, 0.25) is 5.95 Å². The van der Waals surface area contributed by atoms with Gasteiger partial charge >= 0.3 is 0 Å². The van der Waals surface area contributed by atoms with Crippen LogP contribution in [0.15, 0.2) is 67.0 Å². The molecule has 5 heteroatoms. The van der Waals surface area contributed by atoms with E-state index in [1.54, 1.807) is 0 Å². The highest BCUT2D eigenvalue weighted by Gasteiger charge is 2.08. The second-order valence-electron chi connectivity index (χ2n) is 6.69. The molecule has 0 saturated carbocycles. The minimum atomic E-state index is -0.219. The number of benzene rings is 2. The van der Waals surface area contributed by atoms with E-state index < -0.39 is 0 Å². The Hall–Kier alpha value is -3.21. The van der Waals surface area contributed by atoms with Gasteiger partial charge < -0.3 is 10.6 Å². The van der Waals surface area contributed by atoms with E-state index in [0.717, 1.165) is 18.7 Å². The van der Waals surface area contributed by atoms with Gasteiger partial charge in [-0.2, -0.15) is 0 Å². The number of carbonyl (C=O) groups excluding carboxylic acids is 1. The van der Waals surface area contributed by atoms with Gasteiger partial charge in [0.05, 0.1) is 5.56 Å². The molecular weight excluding hydrogens is 336 g/mol. The van der Waals surface area contributed by atoms with E-state index in [4.69, 9.17) is 0 Å². The summed E-state index contributed by atoms with van der Waals surface area (Å²) in [5.41, 5.74) is 3.68. The molecule has 0 fully saturated rings. The van der Waals surface area contributed by atoms with Crippen LogP contribution in [0.4, 0.5) is 11.6 Å². The van der Waals surface area contributed by atoms with E-state index in [2.05, 4.69) is 46.6 Å². The van der Waals surface area contributed by atoms with E-state index in [0.29, 0.717) is 17.4 Å². The van der Waals surface area contributed by atoms with Crippen molar-refractivity contribution >= 4 is 17.5 Å². The van der Waals surface area contributed by atoms with Crippen LogP contribution in [-0.2, 0) is 6.42 Å². The molecule has 138 valence electrons. The molecule has 0 bridgehead atoms. The molecule has 3 rings (SSSR count). The molecule has 0 spiro atoms. The van der Waals surface area contributed by atoms with Crippen molar-refractivity contribution in [3.8, 4) is 0 Å². The summed E-state index contributed by atoms with van der Waals surface area (Å²) in [6.45, 7) is 5.01. The van der Waals surface area contributed by atoms with Gasteiger partial charge in [-0.1, -0.05) is 56.3 Å². The zero-order valence-electron chi connectivity index (χ0n) is 15.6. The second-order valence-corrected chi connectivity index (χ2v) is 6.69. The molecule has 0 aliphatic heterocycles. The maximum atomic E-state index is 12.3. The molecule has 1 amide bonds. The summed E-state index contributed by atoms with van der Waals surface area (Å²) in [4.78, 5) is 20.8. The SMILES string of the molecule is CC(C)c1ccc(NC(=O)c2cnc(NCCc3ccccc3)nc2)cc1. The lowest BCUT2D eigenvalue weighted by Gasteiger charge is -2.09. The zero-order valence-corrected chi connectivity index (χ0v) is 15.6. The molecule has 0 aliphatic rings. The van der Waals surface area contributed by atoms with Crippen molar-refractivity contribution in [2.45, 2.75) is 26.2 Å². The quantitative estimate of drug-likeness (QED) is 0.651. The number of nitrogens with zero attached hydrogens (tertiary/aromatic N) is 2. The van der Waals surface area contributed by atoms with Crippen LogP contribution in [0.2, 0.25) is 0 Å². The number of hydrogen-bond acceptors (Lipinski definition) is 4. The molecule has 5 nitrogen and oxygen atoms in total. The van der Waals surface area contributed by atoms with Gasteiger partial charge in [0.15, 0.2) is 0 Å².